The summed E-state index contributed by atoms with van der Waals surface area (Å²) in [4.78, 5) is 0. The lowest BCUT2D eigenvalue weighted by atomic mass is 9.80. The van der Waals surface area contributed by atoms with Gasteiger partial charge >= 0.3 is 0 Å². The SMILES string of the molecule is CCOC(C1CCCCC1)C(CC(C)CC)NN. The molecule has 0 saturated heterocycles. The lowest BCUT2D eigenvalue weighted by Crippen LogP contribution is -2.49. The highest BCUT2D eigenvalue weighted by Crippen LogP contribution is 2.31. The molecular formula is C15H32N2O. The van der Waals surface area contributed by atoms with Gasteiger partial charge in [0.25, 0.3) is 0 Å². The quantitative estimate of drug-likeness (QED) is 0.518. The number of ether oxygens (including phenoxy) is 1. The van der Waals surface area contributed by atoms with E-state index in [2.05, 4.69) is 26.2 Å². The summed E-state index contributed by atoms with van der Waals surface area (Å²) < 4.78 is 6.04. The van der Waals surface area contributed by atoms with Gasteiger partial charge in [0.05, 0.1) is 6.10 Å². The number of nitrogens with two attached hydrogens (primary N) is 1. The minimum Gasteiger partial charge on any atom is -0.377 e. The van der Waals surface area contributed by atoms with Crippen molar-refractivity contribution in [3.8, 4) is 0 Å². The average Bonchev–Trinajstić information content (AvgIpc) is 2.43. The highest BCUT2D eigenvalue weighted by molar-refractivity contribution is 4.84. The molecule has 0 radical (unpaired) electrons. The predicted molar refractivity (Wildman–Crippen MR) is 77.2 cm³/mol. The zero-order valence-electron chi connectivity index (χ0n) is 12.5. The molecule has 0 bridgehead atoms. The number of rotatable bonds is 8. The Labute approximate surface area is 113 Å². The molecule has 1 fully saturated rings. The molecule has 0 aromatic heterocycles. The Morgan fingerprint density at radius 2 is 1.89 bits per heavy atom. The lowest BCUT2D eigenvalue weighted by Gasteiger charge is -2.36. The van der Waals surface area contributed by atoms with E-state index in [0.717, 1.165) is 13.0 Å². The van der Waals surface area contributed by atoms with Crippen molar-refractivity contribution in [1.82, 2.24) is 5.43 Å². The number of nitrogens with one attached hydrogen (secondary N) is 1. The van der Waals surface area contributed by atoms with Crippen LogP contribution in [-0.4, -0.2) is 18.8 Å². The monoisotopic (exact) mass is 256 g/mol. The molecule has 0 aliphatic heterocycles. The van der Waals surface area contributed by atoms with Crippen LogP contribution in [0.1, 0.15) is 65.7 Å². The van der Waals surface area contributed by atoms with E-state index < -0.39 is 0 Å². The van der Waals surface area contributed by atoms with Crippen LogP contribution in [0.4, 0.5) is 0 Å². The number of hydrogen-bond donors (Lipinski definition) is 2. The molecule has 1 aliphatic rings. The Hall–Kier alpha value is -0.120. The van der Waals surface area contributed by atoms with Gasteiger partial charge in [-0.3, -0.25) is 11.3 Å². The van der Waals surface area contributed by atoms with E-state index in [1.807, 2.05) is 0 Å². The summed E-state index contributed by atoms with van der Waals surface area (Å²) in [7, 11) is 0. The molecular weight excluding hydrogens is 224 g/mol. The Kier molecular flexibility index (Phi) is 7.87. The second kappa shape index (κ2) is 8.89. The average molecular weight is 256 g/mol. The van der Waals surface area contributed by atoms with E-state index in [1.165, 1.54) is 38.5 Å². The summed E-state index contributed by atoms with van der Waals surface area (Å²) in [5, 5.41) is 0. The second-order valence-electron chi connectivity index (χ2n) is 5.84. The van der Waals surface area contributed by atoms with E-state index >= 15 is 0 Å². The van der Waals surface area contributed by atoms with E-state index in [1.54, 1.807) is 0 Å². The van der Waals surface area contributed by atoms with E-state index in [9.17, 15) is 0 Å². The van der Waals surface area contributed by atoms with Gasteiger partial charge in [0.15, 0.2) is 0 Å². The highest BCUT2D eigenvalue weighted by Gasteiger charge is 2.31. The van der Waals surface area contributed by atoms with Crippen molar-refractivity contribution < 1.29 is 4.74 Å². The van der Waals surface area contributed by atoms with Gasteiger partial charge in [-0.2, -0.15) is 0 Å². The van der Waals surface area contributed by atoms with Crippen molar-refractivity contribution in [3.63, 3.8) is 0 Å². The molecule has 3 N–H and O–H groups in total. The Balaban J connectivity index is 2.60. The minimum atomic E-state index is 0.300. The van der Waals surface area contributed by atoms with Crippen molar-refractivity contribution in [2.24, 2.45) is 17.7 Å². The Morgan fingerprint density at radius 3 is 2.39 bits per heavy atom. The largest absolute Gasteiger partial charge is 0.377 e. The summed E-state index contributed by atoms with van der Waals surface area (Å²) in [6.45, 7) is 7.43. The third-order valence-corrected chi connectivity index (χ3v) is 4.44. The fourth-order valence-corrected chi connectivity index (χ4v) is 3.13. The number of hydrazine groups is 1. The lowest BCUT2D eigenvalue weighted by molar-refractivity contribution is -0.0224. The van der Waals surface area contributed by atoms with Gasteiger partial charge < -0.3 is 4.74 Å². The molecule has 3 unspecified atom stereocenters. The van der Waals surface area contributed by atoms with Gasteiger partial charge in [-0.1, -0.05) is 39.5 Å². The summed E-state index contributed by atoms with van der Waals surface area (Å²) >= 11 is 0. The van der Waals surface area contributed by atoms with Crippen LogP contribution >= 0.6 is 0 Å². The van der Waals surface area contributed by atoms with Gasteiger partial charge in [0.2, 0.25) is 0 Å². The molecule has 0 spiro atoms. The standard InChI is InChI=1S/C15H32N2O/c1-4-12(3)11-14(17-16)15(18-5-2)13-9-7-6-8-10-13/h12-15,17H,4-11,16H2,1-3H3. The summed E-state index contributed by atoms with van der Waals surface area (Å²) in [6, 6.07) is 0.308. The van der Waals surface area contributed by atoms with Crippen molar-refractivity contribution in [3.05, 3.63) is 0 Å². The fourth-order valence-electron chi connectivity index (χ4n) is 3.13. The van der Waals surface area contributed by atoms with E-state index in [0.29, 0.717) is 24.0 Å². The van der Waals surface area contributed by atoms with Crippen LogP contribution in [0.5, 0.6) is 0 Å². The van der Waals surface area contributed by atoms with Gasteiger partial charge in [0.1, 0.15) is 0 Å². The molecule has 3 heteroatoms. The molecule has 1 rings (SSSR count). The topological polar surface area (TPSA) is 47.3 Å². The Bertz CT molecular complexity index is 205. The first-order chi connectivity index (χ1) is 8.72. The summed E-state index contributed by atoms with van der Waals surface area (Å²) in [5.74, 6) is 7.19. The van der Waals surface area contributed by atoms with E-state index in [-0.39, 0.29) is 0 Å². The maximum atomic E-state index is 6.04. The smallest absolute Gasteiger partial charge is 0.0769 e. The third-order valence-electron chi connectivity index (χ3n) is 4.44. The molecule has 3 nitrogen and oxygen atoms in total. The zero-order chi connectivity index (χ0) is 13.4. The first-order valence-electron chi connectivity index (χ1n) is 7.80. The first-order valence-corrected chi connectivity index (χ1v) is 7.80. The molecule has 0 aromatic rings. The summed E-state index contributed by atoms with van der Waals surface area (Å²) in [6.07, 6.45) is 9.35. The van der Waals surface area contributed by atoms with Crippen LogP contribution in [-0.2, 0) is 4.74 Å². The van der Waals surface area contributed by atoms with Crippen molar-refractivity contribution in [2.45, 2.75) is 77.9 Å². The molecule has 18 heavy (non-hydrogen) atoms. The van der Waals surface area contributed by atoms with Crippen LogP contribution in [0.3, 0.4) is 0 Å². The highest BCUT2D eigenvalue weighted by atomic mass is 16.5. The second-order valence-corrected chi connectivity index (χ2v) is 5.84. The molecule has 1 saturated carbocycles. The normalized spacial score (nSPS) is 22.7. The maximum Gasteiger partial charge on any atom is 0.0769 e. The fraction of sp³-hybridized carbons (Fsp3) is 1.00. The third kappa shape index (κ3) is 4.87. The molecule has 1 aliphatic carbocycles. The number of hydrogen-bond acceptors (Lipinski definition) is 3. The Morgan fingerprint density at radius 1 is 1.22 bits per heavy atom. The van der Waals surface area contributed by atoms with Crippen molar-refractivity contribution in [1.29, 1.82) is 0 Å². The van der Waals surface area contributed by atoms with Gasteiger partial charge in [-0.05, 0) is 38.0 Å². The summed E-state index contributed by atoms with van der Waals surface area (Å²) in [5.41, 5.74) is 3.02. The van der Waals surface area contributed by atoms with Crippen LogP contribution in [0, 0.1) is 11.8 Å². The molecule has 0 amide bonds. The molecule has 108 valence electrons. The van der Waals surface area contributed by atoms with Crippen molar-refractivity contribution in [2.75, 3.05) is 6.61 Å². The zero-order valence-corrected chi connectivity index (χ0v) is 12.5. The van der Waals surface area contributed by atoms with Crippen LogP contribution < -0.4 is 11.3 Å². The minimum absolute atomic E-state index is 0.300. The molecule has 0 heterocycles. The maximum absolute atomic E-state index is 6.04. The molecule has 3 atom stereocenters. The first kappa shape index (κ1) is 15.9. The van der Waals surface area contributed by atoms with Crippen LogP contribution in [0.15, 0.2) is 0 Å². The van der Waals surface area contributed by atoms with E-state index in [4.69, 9.17) is 10.6 Å². The van der Waals surface area contributed by atoms with Crippen LogP contribution in [0.25, 0.3) is 0 Å². The van der Waals surface area contributed by atoms with Crippen molar-refractivity contribution >= 4 is 0 Å². The predicted octanol–water partition coefficient (Wildman–Crippen LogP) is 3.24. The van der Waals surface area contributed by atoms with Gasteiger partial charge in [-0.15, -0.1) is 0 Å². The molecule has 0 aromatic carbocycles. The van der Waals surface area contributed by atoms with Crippen LogP contribution in [0.2, 0.25) is 0 Å². The van der Waals surface area contributed by atoms with Gasteiger partial charge in [-0.25, -0.2) is 0 Å². The van der Waals surface area contributed by atoms with Gasteiger partial charge in [0, 0.05) is 12.6 Å².